The Kier molecular flexibility index (Phi) is 4.47. The van der Waals surface area contributed by atoms with Crippen LogP contribution in [0, 0.1) is 0 Å². The fourth-order valence-electron chi connectivity index (χ4n) is 1.89. The Bertz CT molecular complexity index is 554. The summed E-state index contributed by atoms with van der Waals surface area (Å²) in [5.41, 5.74) is 7.77. The Labute approximate surface area is 118 Å². The van der Waals surface area contributed by atoms with E-state index in [1.807, 2.05) is 30.3 Å². The molecule has 0 aliphatic rings. The van der Waals surface area contributed by atoms with Gasteiger partial charge in [-0.2, -0.15) is 0 Å². The van der Waals surface area contributed by atoms with Gasteiger partial charge in [0.25, 0.3) is 0 Å². The number of nitrogens with one attached hydrogen (secondary N) is 1. The third-order valence-electron chi connectivity index (χ3n) is 3.02. The van der Waals surface area contributed by atoms with Gasteiger partial charge in [-0.05, 0) is 23.6 Å². The molecule has 0 saturated heterocycles. The average molecular weight is 271 g/mol. The zero-order valence-corrected chi connectivity index (χ0v) is 11.7. The van der Waals surface area contributed by atoms with Crippen molar-refractivity contribution in [2.24, 2.45) is 5.73 Å². The first-order valence-corrected chi connectivity index (χ1v) is 6.63. The Balaban J connectivity index is 2.05. The van der Waals surface area contributed by atoms with Crippen LogP contribution in [-0.4, -0.2) is 16.5 Å². The molecule has 2 aromatic rings. The lowest BCUT2D eigenvalue weighted by Gasteiger charge is -2.15. The van der Waals surface area contributed by atoms with Gasteiger partial charge in [-0.1, -0.05) is 49.5 Å². The van der Waals surface area contributed by atoms with Crippen LogP contribution >= 0.6 is 12.2 Å². The highest BCUT2D eigenvalue weighted by molar-refractivity contribution is 7.80. The standard InChI is InChI=1S/C15H17N3S/c1-11(12-6-3-2-4-7-12)10-18-15-13(14(16)19)8-5-9-17-15/h2-9,11H,10H2,1H3,(H2,16,19)(H,17,18). The second kappa shape index (κ2) is 6.29. The van der Waals surface area contributed by atoms with Crippen molar-refractivity contribution in [3.05, 3.63) is 59.8 Å². The Morgan fingerprint density at radius 2 is 2.00 bits per heavy atom. The predicted octanol–water partition coefficient (Wildman–Crippen LogP) is 2.93. The third-order valence-corrected chi connectivity index (χ3v) is 3.24. The molecular formula is C15H17N3S. The second-order valence-electron chi connectivity index (χ2n) is 4.46. The summed E-state index contributed by atoms with van der Waals surface area (Å²) >= 11 is 5.02. The molecule has 0 amide bonds. The van der Waals surface area contributed by atoms with Crippen LogP contribution in [0.3, 0.4) is 0 Å². The van der Waals surface area contributed by atoms with Crippen molar-refractivity contribution in [1.29, 1.82) is 0 Å². The van der Waals surface area contributed by atoms with Gasteiger partial charge in [0.05, 0.1) is 5.56 Å². The van der Waals surface area contributed by atoms with Crippen molar-refractivity contribution in [3.8, 4) is 0 Å². The van der Waals surface area contributed by atoms with Crippen LogP contribution in [0.4, 0.5) is 5.82 Å². The van der Waals surface area contributed by atoms with Crippen LogP contribution in [0.1, 0.15) is 24.0 Å². The van der Waals surface area contributed by atoms with Crippen LogP contribution in [0.15, 0.2) is 48.7 Å². The largest absolute Gasteiger partial charge is 0.389 e. The van der Waals surface area contributed by atoms with Gasteiger partial charge in [-0.3, -0.25) is 0 Å². The lowest BCUT2D eigenvalue weighted by Crippen LogP contribution is -2.17. The molecule has 0 fully saturated rings. The number of rotatable bonds is 5. The van der Waals surface area contributed by atoms with E-state index in [1.54, 1.807) is 6.20 Å². The molecule has 19 heavy (non-hydrogen) atoms. The third kappa shape index (κ3) is 3.51. The molecule has 1 atom stereocenters. The maximum atomic E-state index is 5.68. The van der Waals surface area contributed by atoms with Gasteiger partial charge in [0.15, 0.2) is 0 Å². The molecule has 1 unspecified atom stereocenters. The van der Waals surface area contributed by atoms with Crippen LogP contribution in [0.2, 0.25) is 0 Å². The second-order valence-corrected chi connectivity index (χ2v) is 4.90. The minimum atomic E-state index is 0.364. The number of hydrogen-bond donors (Lipinski definition) is 2. The Morgan fingerprint density at radius 1 is 1.26 bits per heavy atom. The Hall–Kier alpha value is -1.94. The minimum absolute atomic E-state index is 0.364. The van der Waals surface area contributed by atoms with Crippen molar-refractivity contribution in [2.75, 3.05) is 11.9 Å². The van der Waals surface area contributed by atoms with E-state index in [1.165, 1.54) is 5.56 Å². The summed E-state index contributed by atoms with van der Waals surface area (Å²) in [5, 5.41) is 3.31. The zero-order valence-electron chi connectivity index (χ0n) is 10.8. The lowest BCUT2D eigenvalue weighted by atomic mass is 10.0. The van der Waals surface area contributed by atoms with Crippen molar-refractivity contribution in [3.63, 3.8) is 0 Å². The van der Waals surface area contributed by atoms with Gasteiger partial charge in [0.2, 0.25) is 0 Å². The molecule has 3 N–H and O–H groups in total. The van der Waals surface area contributed by atoms with E-state index >= 15 is 0 Å². The average Bonchev–Trinajstić information content (AvgIpc) is 2.46. The summed E-state index contributed by atoms with van der Waals surface area (Å²) < 4.78 is 0. The molecule has 0 aliphatic carbocycles. The van der Waals surface area contributed by atoms with Crippen LogP contribution in [0.25, 0.3) is 0 Å². The first kappa shape index (κ1) is 13.5. The molecule has 3 nitrogen and oxygen atoms in total. The first-order valence-electron chi connectivity index (χ1n) is 6.22. The SMILES string of the molecule is CC(CNc1ncccc1C(N)=S)c1ccccc1. The van der Waals surface area contributed by atoms with E-state index in [9.17, 15) is 0 Å². The van der Waals surface area contributed by atoms with Crippen LogP contribution in [0.5, 0.6) is 0 Å². The van der Waals surface area contributed by atoms with Crippen LogP contribution < -0.4 is 11.1 Å². The summed E-state index contributed by atoms with van der Waals surface area (Å²) in [6.45, 7) is 2.96. The highest BCUT2D eigenvalue weighted by Crippen LogP contribution is 2.17. The summed E-state index contributed by atoms with van der Waals surface area (Å²) in [5.74, 6) is 1.14. The van der Waals surface area contributed by atoms with E-state index in [4.69, 9.17) is 18.0 Å². The smallest absolute Gasteiger partial charge is 0.136 e. The zero-order chi connectivity index (χ0) is 13.7. The number of pyridine rings is 1. The number of nitrogens with two attached hydrogens (primary N) is 1. The van der Waals surface area contributed by atoms with Crippen LogP contribution in [-0.2, 0) is 0 Å². The number of benzene rings is 1. The monoisotopic (exact) mass is 271 g/mol. The quantitative estimate of drug-likeness (QED) is 0.821. The molecule has 1 heterocycles. The van der Waals surface area contributed by atoms with Gasteiger partial charge in [-0.25, -0.2) is 4.98 Å². The molecular weight excluding hydrogens is 254 g/mol. The van der Waals surface area contributed by atoms with E-state index < -0.39 is 0 Å². The van der Waals surface area contributed by atoms with Crippen molar-refractivity contribution in [2.45, 2.75) is 12.8 Å². The fourth-order valence-corrected chi connectivity index (χ4v) is 2.06. The van der Waals surface area contributed by atoms with Crippen molar-refractivity contribution in [1.82, 2.24) is 4.98 Å². The summed E-state index contributed by atoms with van der Waals surface area (Å²) in [4.78, 5) is 4.65. The highest BCUT2D eigenvalue weighted by Gasteiger charge is 2.08. The number of anilines is 1. The van der Waals surface area contributed by atoms with Crippen molar-refractivity contribution < 1.29 is 0 Å². The number of thiocarbonyl (C=S) groups is 1. The molecule has 0 bridgehead atoms. The van der Waals surface area contributed by atoms with E-state index in [-0.39, 0.29) is 0 Å². The summed E-state index contributed by atoms with van der Waals surface area (Å²) in [6, 6.07) is 14.1. The van der Waals surface area contributed by atoms with E-state index in [2.05, 4.69) is 29.4 Å². The van der Waals surface area contributed by atoms with Crippen molar-refractivity contribution >= 4 is 23.0 Å². The van der Waals surface area contributed by atoms with Gasteiger partial charge < -0.3 is 11.1 Å². The summed E-state index contributed by atoms with van der Waals surface area (Å²) in [7, 11) is 0. The molecule has 0 saturated carbocycles. The fraction of sp³-hybridized carbons (Fsp3) is 0.200. The van der Waals surface area contributed by atoms with Gasteiger partial charge in [0.1, 0.15) is 10.8 Å². The molecule has 1 aromatic heterocycles. The normalized spacial score (nSPS) is 11.8. The number of aromatic nitrogens is 1. The molecule has 0 radical (unpaired) electrons. The maximum absolute atomic E-state index is 5.68. The van der Waals surface area contributed by atoms with Gasteiger partial charge >= 0.3 is 0 Å². The Morgan fingerprint density at radius 3 is 2.68 bits per heavy atom. The van der Waals surface area contributed by atoms with Gasteiger partial charge in [0, 0.05) is 12.7 Å². The van der Waals surface area contributed by atoms with Gasteiger partial charge in [-0.15, -0.1) is 0 Å². The topological polar surface area (TPSA) is 50.9 Å². The number of hydrogen-bond acceptors (Lipinski definition) is 3. The molecule has 4 heteroatoms. The molecule has 0 spiro atoms. The first-order chi connectivity index (χ1) is 9.18. The number of nitrogens with zero attached hydrogens (tertiary/aromatic N) is 1. The van der Waals surface area contributed by atoms with E-state index in [0.29, 0.717) is 10.9 Å². The molecule has 0 aliphatic heterocycles. The highest BCUT2D eigenvalue weighted by atomic mass is 32.1. The molecule has 2 rings (SSSR count). The molecule has 98 valence electrons. The molecule has 1 aromatic carbocycles. The maximum Gasteiger partial charge on any atom is 0.136 e. The summed E-state index contributed by atoms with van der Waals surface area (Å²) in [6.07, 6.45) is 1.73. The lowest BCUT2D eigenvalue weighted by molar-refractivity contribution is 0.801. The van der Waals surface area contributed by atoms with E-state index in [0.717, 1.165) is 17.9 Å². The predicted molar refractivity (Wildman–Crippen MR) is 83.5 cm³/mol. The minimum Gasteiger partial charge on any atom is -0.389 e.